The first-order valence-corrected chi connectivity index (χ1v) is 7.44. The second-order valence-corrected chi connectivity index (χ2v) is 6.16. The van der Waals surface area contributed by atoms with Gasteiger partial charge in [-0.1, -0.05) is 26.0 Å². The van der Waals surface area contributed by atoms with Crippen LogP contribution in [0.15, 0.2) is 12.2 Å². The van der Waals surface area contributed by atoms with Gasteiger partial charge in [-0.3, -0.25) is 0 Å². The molecular formula is C15H25F2NO4. The fraction of sp³-hybridized carbons (Fsp3) is 0.800. The van der Waals surface area contributed by atoms with Crippen molar-refractivity contribution in [3.63, 3.8) is 0 Å². The van der Waals surface area contributed by atoms with Crippen molar-refractivity contribution in [1.29, 1.82) is 0 Å². The van der Waals surface area contributed by atoms with Gasteiger partial charge in [0.15, 0.2) is 6.10 Å². The Hall–Kier alpha value is -1.21. The maximum atomic E-state index is 14.1. The van der Waals surface area contributed by atoms with Gasteiger partial charge in [-0.15, -0.1) is 0 Å². The van der Waals surface area contributed by atoms with Crippen molar-refractivity contribution in [3.8, 4) is 0 Å². The number of hydrogen-bond donors (Lipinski definition) is 2. The lowest BCUT2D eigenvalue weighted by Crippen LogP contribution is -2.57. The minimum absolute atomic E-state index is 0.285. The average molecular weight is 321 g/mol. The highest BCUT2D eigenvalue weighted by molar-refractivity contribution is 5.67. The summed E-state index contributed by atoms with van der Waals surface area (Å²) in [5.41, 5.74) is -0.900. The Bertz CT molecular complexity index is 422. The van der Waals surface area contributed by atoms with E-state index >= 15 is 0 Å². The van der Waals surface area contributed by atoms with E-state index < -0.39 is 35.7 Å². The van der Waals surface area contributed by atoms with Gasteiger partial charge in [0, 0.05) is 18.5 Å². The smallest absolute Gasteiger partial charge is 0.410 e. The highest BCUT2D eigenvalue weighted by atomic mass is 19.3. The molecule has 0 saturated carbocycles. The molecule has 1 rings (SSSR count). The number of rotatable bonds is 3. The van der Waals surface area contributed by atoms with Crippen LogP contribution in [-0.2, 0) is 4.74 Å². The zero-order chi connectivity index (χ0) is 17.1. The van der Waals surface area contributed by atoms with Crippen molar-refractivity contribution >= 4 is 6.09 Å². The molecular weight excluding hydrogens is 296 g/mol. The minimum atomic E-state index is -3.80. The van der Waals surface area contributed by atoms with E-state index in [1.54, 1.807) is 27.7 Å². The molecule has 1 aliphatic rings. The number of amides is 1. The van der Waals surface area contributed by atoms with Crippen LogP contribution in [0.3, 0.4) is 0 Å². The van der Waals surface area contributed by atoms with Gasteiger partial charge < -0.3 is 19.8 Å². The topological polar surface area (TPSA) is 70.0 Å². The van der Waals surface area contributed by atoms with Crippen LogP contribution in [0.5, 0.6) is 0 Å². The van der Waals surface area contributed by atoms with Gasteiger partial charge in [0.1, 0.15) is 12.2 Å². The largest absolute Gasteiger partial charge is 0.443 e. The fourth-order valence-electron chi connectivity index (χ4n) is 2.44. The molecule has 22 heavy (non-hydrogen) atoms. The summed E-state index contributed by atoms with van der Waals surface area (Å²) >= 11 is 0. The summed E-state index contributed by atoms with van der Waals surface area (Å²) in [6.45, 7) is 7.50. The predicted octanol–water partition coefficient (Wildman–Crippen LogP) is 2.18. The van der Waals surface area contributed by atoms with Gasteiger partial charge in [0.2, 0.25) is 0 Å². The zero-order valence-electron chi connectivity index (χ0n) is 13.4. The van der Waals surface area contributed by atoms with Crippen molar-refractivity contribution in [2.75, 3.05) is 13.1 Å². The third-order valence-corrected chi connectivity index (χ3v) is 4.06. The van der Waals surface area contributed by atoms with Crippen LogP contribution in [0.1, 0.15) is 34.1 Å². The highest BCUT2D eigenvalue weighted by Gasteiger charge is 2.54. The van der Waals surface area contributed by atoms with E-state index in [1.807, 2.05) is 0 Å². The molecule has 0 aromatic carbocycles. The fourth-order valence-corrected chi connectivity index (χ4v) is 2.44. The van der Waals surface area contributed by atoms with Crippen LogP contribution in [0, 0.1) is 5.41 Å². The molecule has 0 aliphatic heterocycles. The van der Waals surface area contributed by atoms with Crippen molar-refractivity contribution in [2.24, 2.45) is 5.41 Å². The van der Waals surface area contributed by atoms with E-state index in [1.165, 1.54) is 11.0 Å². The monoisotopic (exact) mass is 321 g/mol. The van der Waals surface area contributed by atoms with Crippen molar-refractivity contribution in [2.45, 2.75) is 58.4 Å². The number of allylic oxidation sites excluding steroid dienone is 1. The van der Waals surface area contributed by atoms with E-state index in [0.29, 0.717) is 13.1 Å². The number of nitrogens with zero attached hydrogens (tertiary/aromatic N) is 1. The molecule has 7 heteroatoms. The Labute approximate surface area is 129 Å². The lowest BCUT2D eigenvalue weighted by Gasteiger charge is -2.41. The molecule has 1 amide bonds. The molecule has 0 radical (unpaired) electrons. The number of carbonyl (C=O) groups is 1. The summed E-state index contributed by atoms with van der Waals surface area (Å²) in [5, 5.41) is 19.5. The van der Waals surface area contributed by atoms with Crippen molar-refractivity contribution < 1.29 is 28.5 Å². The Morgan fingerprint density at radius 3 is 2.36 bits per heavy atom. The van der Waals surface area contributed by atoms with Crippen LogP contribution in [0.2, 0.25) is 0 Å². The van der Waals surface area contributed by atoms with Crippen molar-refractivity contribution in [3.05, 3.63) is 12.2 Å². The molecule has 5 nitrogen and oxygen atoms in total. The number of aliphatic hydroxyl groups is 2. The molecule has 0 unspecified atom stereocenters. The molecule has 0 bridgehead atoms. The average Bonchev–Trinajstić information content (AvgIpc) is 2.43. The normalized spacial score (nSPS) is 31.7. The zero-order valence-corrected chi connectivity index (χ0v) is 13.4. The Morgan fingerprint density at radius 2 is 1.86 bits per heavy atom. The van der Waals surface area contributed by atoms with Crippen LogP contribution in [-0.4, -0.2) is 58.5 Å². The molecule has 0 saturated heterocycles. The predicted molar refractivity (Wildman–Crippen MR) is 77.7 cm³/mol. The van der Waals surface area contributed by atoms with Gasteiger partial charge in [-0.2, -0.15) is 0 Å². The first kappa shape index (κ1) is 18.8. The summed E-state index contributed by atoms with van der Waals surface area (Å²) in [5.74, 6) is -3.80. The summed E-state index contributed by atoms with van der Waals surface area (Å²) < 4.78 is 33.4. The quantitative estimate of drug-likeness (QED) is 0.782. The number of carbonyl (C=O) groups excluding carboxylic acids is 1. The van der Waals surface area contributed by atoms with E-state index in [2.05, 4.69) is 0 Å². The van der Waals surface area contributed by atoms with Gasteiger partial charge in [0.25, 0.3) is 0 Å². The standard InChI is InChI=1S/C15H25F2NO4/c1-5-18(6-2)13(21)22-12-11(20)15(16,17)10(19)8-7-9-14(12,3)4/h7-8,10-12,19-20H,5-6,9H2,1-4H3/b8-7-/t10-,11-,12+/m0/s1. The maximum Gasteiger partial charge on any atom is 0.410 e. The first-order valence-electron chi connectivity index (χ1n) is 7.44. The second-order valence-electron chi connectivity index (χ2n) is 6.16. The van der Waals surface area contributed by atoms with E-state index in [9.17, 15) is 23.8 Å². The van der Waals surface area contributed by atoms with E-state index in [4.69, 9.17) is 4.74 Å². The van der Waals surface area contributed by atoms with Crippen LogP contribution >= 0.6 is 0 Å². The molecule has 0 aromatic rings. The Kier molecular flexibility index (Phi) is 5.92. The lowest BCUT2D eigenvalue weighted by atomic mass is 9.76. The van der Waals surface area contributed by atoms with Gasteiger partial charge in [-0.25, -0.2) is 13.6 Å². The molecule has 0 spiro atoms. The third-order valence-electron chi connectivity index (χ3n) is 4.06. The molecule has 3 atom stereocenters. The number of hydrogen-bond acceptors (Lipinski definition) is 4. The summed E-state index contributed by atoms with van der Waals surface area (Å²) in [7, 11) is 0. The first-order chi connectivity index (χ1) is 10.1. The van der Waals surface area contributed by atoms with Crippen molar-refractivity contribution in [1.82, 2.24) is 4.90 Å². The number of halogens is 2. The van der Waals surface area contributed by atoms with Crippen LogP contribution < -0.4 is 0 Å². The van der Waals surface area contributed by atoms with Crippen LogP contribution in [0.4, 0.5) is 13.6 Å². The van der Waals surface area contributed by atoms with Gasteiger partial charge in [0.05, 0.1) is 0 Å². The van der Waals surface area contributed by atoms with E-state index in [-0.39, 0.29) is 6.42 Å². The van der Waals surface area contributed by atoms with Gasteiger partial charge >= 0.3 is 12.0 Å². The summed E-state index contributed by atoms with van der Waals surface area (Å²) in [6, 6.07) is 0. The lowest BCUT2D eigenvalue weighted by molar-refractivity contribution is -0.211. The van der Waals surface area contributed by atoms with E-state index in [0.717, 1.165) is 6.08 Å². The molecule has 0 heterocycles. The number of ether oxygens (including phenoxy) is 1. The third kappa shape index (κ3) is 3.76. The minimum Gasteiger partial charge on any atom is -0.443 e. The molecule has 1 aliphatic carbocycles. The second kappa shape index (κ2) is 6.91. The SMILES string of the molecule is CCN(CC)C(=O)O[C@@H]1[C@H](O)C(F)(F)[C@@H](O)/C=C\CC1(C)C. The summed E-state index contributed by atoms with van der Waals surface area (Å²) in [4.78, 5) is 13.4. The number of alkyl halides is 2. The molecule has 2 N–H and O–H groups in total. The molecule has 0 fully saturated rings. The Balaban J connectivity index is 3.10. The Morgan fingerprint density at radius 1 is 1.32 bits per heavy atom. The molecule has 128 valence electrons. The van der Waals surface area contributed by atoms with Crippen LogP contribution in [0.25, 0.3) is 0 Å². The molecule has 0 aromatic heterocycles. The number of aliphatic hydroxyl groups excluding tert-OH is 2. The maximum absolute atomic E-state index is 14.1. The van der Waals surface area contributed by atoms with Gasteiger partial charge in [-0.05, 0) is 20.3 Å². The highest BCUT2D eigenvalue weighted by Crippen LogP contribution is 2.39. The summed E-state index contributed by atoms with van der Waals surface area (Å²) in [6.07, 6.45) is -3.92.